The molecule has 0 saturated heterocycles. The van der Waals surface area contributed by atoms with Crippen molar-refractivity contribution in [3.8, 4) is 0 Å². The summed E-state index contributed by atoms with van der Waals surface area (Å²) in [6, 6.07) is 2.46. The third kappa shape index (κ3) is 0.983. The van der Waals surface area contributed by atoms with E-state index in [-0.39, 0.29) is 0 Å². The summed E-state index contributed by atoms with van der Waals surface area (Å²) in [6.45, 7) is 0. The minimum Gasteiger partial charge on any atom is -0.324 e. The zero-order valence-corrected chi connectivity index (χ0v) is 7.17. The number of thiophene rings is 1. The number of nitrogens with two attached hydrogens (primary N) is 1. The summed E-state index contributed by atoms with van der Waals surface area (Å²) in [7, 11) is 0. The lowest BCUT2D eigenvalue weighted by Gasteiger charge is -2.16. The van der Waals surface area contributed by atoms with E-state index in [1.165, 1.54) is 15.5 Å². The molecule has 0 aromatic carbocycles. The molecule has 0 saturated carbocycles. The van der Waals surface area contributed by atoms with Gasteiger partial charge in [-0.3, -0.25) is 0 Å². The molecule has 2 heterocycles. The van der Waals surface area contributed by atoms with Gasteiger partial charge in [-0.25, -0.2) is 0 Å². The summed E-state index contributed by atoms with van der Waals surface area (Å²) in [5, 5.41) is 2.13. The van der Waals surface area contributed by atoms with E-state index in [0.717, 1.165) is 6.42 Å². The number of rotatable bonds is 0. The Kier molecular flexibility index (Phi) is 1.72. The molecule has 1 aromatic rings. The minimum atomic E-state index is 0.308. The van der Waals surface area contributed by atoms with Crippen LogP contribution in [0, 0.1) is 0 Å². The molecule has 0 spiro atoms. The van der Waals surface area contributed by atoms with Gasteiger partial charge in [-0.05, 0) is 23.4 Å². The van der Waals surface area contributed by atoms with Crippen LogP contribution in [0.2, 0.25) is 0 Å². The van der Waals surface area contributed by atoms with Crippen LogP contribution in [0.1, 0.15) is 18.0 Å². The van der Waals surface area contributed by atoms with Crippen molar-refractivity contribution in [2.24, 2.45) is 5.73 Å². The van der Waals surface area contributed by atoms with Crippen LogP contribution < -0.4 is 5.73 Å². The predicted molar refractivity (Wildman–Crippen MR) is 46.6 cm³/mol. The van der Waals surface area contributed by atoms with Crippen molar-refractivity contribution in [3.05, 3.63) is 17.0 Å². The lowest BCUT2D eigenvalue weighted by atomic mass is 10.1. The molecule has 0 bridgehead atoms. The fraction of sp³-hybridized carbons (Fsp3) is 0.429. The SMILES string of the molecule is NC1CCSc2sccc21. The van der Waals surface area contributed by atoms with Crippen LogP contribution in [0.5, 0.6) is 0 Å². The Balaban J connectivity index is 2.41. The van der Waals surface area contributed by atoms with Gasteiger partial charge in [0.05, 0.1) is 4.21 Å². The molecule has 10 heavy (non-hydrogen) atoms. The Labute approximate surface area is 68.6 Å². The Morgan fingerprint density at radius 3 is 3.30 bits per heavy atom. The topological polar surface area (TPSA) is 26.0 Å². The molecule has 0 aliphatic carbocycles. The van der Waals surface area contributed by atoms with Crippen LogP contribution in [0.3, 0.4) is 0 Å². The molecule has 0 radical (unpaired) electrons. The van der Waals surface area contributed by atoms with Crippen molar-refractivity contribution in [3.63, 3.8) is 0 Å². The fourth-order valence-electron chi connectivity index (χ4n) is 1.13. The van der Waals surface area contributed by atoms with Gasteiger partial charge < -0.3 is 5.73 Å². The van der Waals surface area contributed by atoms with Crippen molar-refractivity contribution in [2.45, 2.75) is 16.7 Å². The Hall–Kier alpha value is 0.0100. The average Bonchev–Trinajstić information content (AvgIpc) is 2.36. The summed E-state index contributed by atoms with van der Waals surface area (Å²) < 4.78 is 1.43. The predicted octanol–water partition coefficient (Wildman–Crippen LogP) is 2.24. The molecule has 1 nitrogen and oxygen atoms in total. The average molecular weight is 171 g/mol. The first kappa shape index (κ1) is 6.70. The van der Waals surface area contributed by atoms with Gasteiger partial charge in [-0.15, -0.1) is 23.1 Å². The first-order valence-electron chi connectivity index (χ1n) is 3.33. The number of fused-ring (bicyclic) bond motifs is 1. The van der Waals surface area contributed by atoms with E-state index >= 15 is 0 Å². The molecule has 2 N–H and O–H groups in total. The van der Waals surface area contributed by atoms with Crippen LogP contribution >= 0.6 is 23.1 Å². The van der Waals surface area contributed by atoms with Gasteiger partial charge in [-0.2, -0.15) is 0 Å². The standard InChI is InChI=1S/C7H9NS2/c8-6-2-4-10-7-5(6)1-3-9-7/h1,3,6H,2,4,8H2. The first-order chi connectivity index (χ1) is 4.88. The maximum atomic E-state index is 5.88. The maximum absolute atomic E-state index is 5.88. The number of thioether (sulfide) groups is 1. The van der Waals surface area contributed by atoms with Gasteiger partial charge >= 0.3 is 0 Å². The van der Waals surface area contributed by atoms with Gasteiger partial charge in [0.15, 0.2) is 0 Å². The van der Waals surface area contributed by atoms with E-state index < -0.39 is 0 Å². The van der Waals surface area contributed by atoms with Gasteiger partial charge in [0.25, 0.3) is 0 Å². The van der Waals surface area contributed by atoms with Crippen LogP contribution in [0.25, 0.3) is 0 Å². The van der Waals surface area contributed by atoms with E-state index in [0.29, 0.717) is 6.04 Å². The molecule has 1 unspecified atom stereocenters. The van der Waals surface area contributed by atoms with E-state index in [9.17, 15) is 0 Å². The normalized spacial score (nSPS) is 24.3. The van der Waals surface area contributed by atoms with Gasteiger partial charge in [0.1, 0.15) is 0 Å². The number of hydrogen-bond acceptors (Lipinski definition) is 3. The highest BCUT2D eigenvalue weighted by molar-refractivity contribution is 8.01. The van der Waals surface area contributed by atoms with Crippen LogP contribution in [-0.2, 0) is 0 Å². The summed E-state index contributed by atoms with van der Waals surface area (Å²) in [5.41, 5.74) is 7.25. The summed E-state index contributed by atoms with van der Waals surface area (Å²) in [6.07, 6.45) is 1.13. The van der Waals surface area contributed by atoms with Crippen LogP contribution in [0.15, 0.2) is 15.7 Å². The molecule has 1 atom stereocenters. The third-order valence-electron chi connectivity index (χ3n) is 1.72. The molecular formula is C7H9NS2. The van der Waals surface area contributed by atoms with Crippen molar-refractivity contribution >= 4 is 23.1 Å². The molecule has 1 aliphatic heterocycles. The smallest absolute Gasteiger partial charge is 0.0646 e. The number of hydrogen-bond donors (Lipinski definition) is 1. The summed E-state index contributed by atoms with van der Waals surface area (Å²) in [4.78, 5) is 0. The van der Waals surface area contributed by atoms with E-state index in [1.54, 1.807) is 0 Å². The highest BCUT2D eigenvalue weighted by Gasteiger charge is 2.17. The molecule has 1 aromatic heterocycles. The summed E-state index contributed by atoms with van der Waals surface area (Å²) >= 11 is 3.75. The van der Waals surface area contributed by atoms with Crippen molar-refractivity contribution in [2.75, 3.05) is 5.75 Å². The molecule has 2 rings (SSSR count). The maximum Gasteiger partial charge on any atom is 0.0646 e. The fourth-order valence-corrected chi connectivity index (χ4v) is 3.46. The second-order valence-electron chi connectivity index (χ2n) is 2.41. The van der Waals surface area contributed by atoms with Gasteiger partial charge in [-0.1, -0.05) is 0 Å². The quantitative estimate of drug-likeness (QED) is 0.648. The molecule has 3 heteroatoms. The van der Waals surface area contributed by atoms with E-state index in [1.807, 2.05) is 23.1 Å². The van der Waals surface area contributed by atoms with Gasteiger partial charge in [0, 0.05) is 11.8 Å². The van der Waals surface area contributed by atoms with Crippen molar-refractivity contribution in [1.29, 1.82) is 0 Å². The molecule has 0 amide bonds. The summed E-state index contributed by atoms with van der Waals surface area (Å²) in [5.74, 6) is 1.19. The second kappa shape index (κ2) is 2.57. The zero-order chi connectivity index (χ0) is 6.97. The van der Waals surface area contributed by atoms with Crippen LogP contribution in [0.4, 0.5) is 0 Å². The highest BCUT2D eigenvalue weighted by atomic mass is 32.2. The Morgan fingerprint density at radius 2 is 2.50 bits per heavy atom. The highest BCUT2D eigenvalue weighted by Crippen LogP contribution is 2.38. The van der Waals surface area contributed by atoms with E-state index in [4.69, 9.17) is 5.73 Å². The molecule has 0 fully saturated rings. The lowest BCUT2D eigenvalue weighted by Crippen LogP contribution is -2.13. The molecular weight excluding hydrogens is 162 g/mol. The van der Waals surface area contributed by atoms with Crippen molar-refractivity contribution < 1.29 is 0 Å². The minimum absolute atomic E-state index is 0.308. The monoisotopic (exact) mass is 171 g/mol. The second-order valence-corrected chi connectivity index (χ2v) is 4.69. The van der Waals surface area contributed by atoms with Gasteiger partial charge in [0.2, 0.25) is 0 Å². The Morgan fingerprint density at radius 1 is 1.60 bits per heavy atom. The van der Waals surface area contributed by atoms with E-state index in [2.05, 4.69) is 11.4 Å². The Bertz CT molecular complexity index is 231. The first-order valence-corrected chi connectivity index (χ1v) is 5.20. The molecule has 1 aliphatic rings. The van der Waals surface area contributed by atoms with Crippen molar-refractivity contribution in [1.82, 2.24) is 0 Å². The van der Waals surface area contributed by atoms with Crippen LogP contribution in [-0.4, -0.2) is 5.75 Å². The largest absolute Gasteiger partial charge is 0.324 e. The zero-order valence-electron chi connectivity index (χ0n) is 5.54. The third-order valence-corrected chi connectivity index (χ3v) is 4.02. The molecule has 54 valence electrons. The lowest BCUT2D eigenvalue weighted by molar-refractivity contribution is 0.688.